The summed E-state index contributed by atoms with van der Waals surface area (Å²) >= 11 is 5.82. The highest BCUT2D eigenvalue weighted by molar-refractivity contribution is 6.31. The van der Waals surface area contributed by atoms with Gasteiger partial charge in [-0.05, 0) is 37.5 Å². The summed E-state index contributed by atoms with van der Waals surface area (Å²) in [6.45, 7) is 0. The third-order valence-corrected chi connectivity index (χ3v) is 3.03. The van der Waals surface area contributed by atoms with Crippen molar-refractivity contribution >= 4 is 23.3 Å². The summed E-state index contributed by atoms with van der Waals surface area (Å²) in [5.41, 5.74) is 0.843. The number of nitrogens with zero attached hydrogens (tertiary/aromatic N) is 1. The second-order valence-corrected chi connectivity index (χ2v) is 4.46. The topological polar surface area (TPSA) is 64.9 Å². The monoisotopic (exact) mass is 249 g/mol. The molecule has 1 aromatic rings. The van der Waals surface area contributed by atoms with Crippen LogP contribution in [0.5, 0.6) is 0 Å². The molecule has 1 aromatic carbocycles. The number of anilines is 1. The van der Waals surface area contributed by atoms with Gasteiger partial charge in [0.05, 0.1) is 11.3 Å². The molecule has 0 spiro atoms. The zero-order valence-electron chi connectivity index (χ0n) is 9.16. The fourth-order valence-corrected chi connectivity index (χ4v) is 1.79. The van der Waals surface area contributed by atoms with Gasteiger partial charge in [0.1, 0.15) is 6.07 Å². The largest absolute Gasteiger partial charge is 0.335 e. The van der Waals surface area contributed by atoms with Crippen molar-refractivity contribution in [1.29, 1.82) is 5.26 Å². The maximum absolute atomic E-state index is 11.6. The molecule has 0 radical (unpaired) electrons. The summed E-state index contributed by atoms with van der Waals surface area (Å²) in [7, 11) is 0. The molecule has 2 amide bonds. The normalized spacial score (nSPS) is 14.6. The van der Waals surface area contributed by atoms with Crippen LogP contribution in [-0.2, 0) is 0 Å². The van der Waals surface area contributed by atoms with Gasteiger partial charge in [-0.3, -0.25) is 0 Å². The Bertz CT molecular complexity index is 477. The summed E-state index contributed by atoms with van der Waals surface area (Å²) in [5.74, 6) is 0. The first-order chi connectivity index (χ1) is 8.19. The van der Waals surface area contributed by atoms with E-state index < -0.39 is 0 Å². The second-order valence-electron chi connectivity index (χ2n) is 4.03. The third-order valence-electron chi connectivity index (χ3n) is 2.79. The van der Waals surface area contributed by atoms with Crippen molar-refractivity contribution in [3.8, 4) is 6.07 Å². The van der Waals surface area contributed by atoms with Crippen molar-refractivity contribution in [1.82, 2.24) is 5.32 Å². The van der Waals surface area contributed by atoms with E-state index in [9.17, 15) is 4.79 Å². The van der Waals surface area contributed by atoms with Crippen LogP contribution in [0, 0.1) is 11.3 Å². The van der Waals surface area contributed by atoms with E-state index >= 15 is 0 Å². The van der Waals surface area contributed by atoms with E-state index in [0.717, 1.165) is 19.3 Å². The highest BCUT2D eigenvalue weighted by Crippen LogP contribution is 2.21. The summed E-state index contributed by atoms with van der Waals surface area (Å²) in [5, 5.41) is 14.9. The number of urea groups is 1. The molecule has 0 aromatic heterocycles. The second kappa shape index (κ2) is 5.07. The molecular weight excluding hydrogens is 238 g/mol. The van der Waals surface area contributed by atoms with Crippen molar-refractivity contribution in [3.63, 3.8) is 0 Å². The number of halogens is 1. The Labute approximate surface area is 105 Å². The summed E-state index contributed by atoms with van der Waals surface area (Å²) in [6.07, 6.45) is 3.20. The maximum Gasteiger partial charge on any atom is 0.319 e. The molecule has 17 heavy (non-hydrogen) atoms. The number of amides is 2. The van der Waals surface area contributed by atoms with Crippen LogP contribution in [0.3, 0.4) is 0 Å². The first-order valence-corrected chi connectivity index (χ1v) is 5.84. The molecule has 5 heteroatoms. The van der Waals surface area contributed by atoms with Crippen molar-refractivity contribution in [3.05, 3.63) is 28.8 Å². The summed E-state index contributed by atoms with van der Waals surface area (Å²) in [4.78, 5) is 11.6. The Balaban J connectivity index is 2.04. The van der Waals surface area contributed by atoms with E-state index in [2.05, 4.69) is 10.6 Å². The van der Waals surface area contributed by atoms with E-state index in [0.29, 0.717) is 16.3 Å². The fourth-order valence-electron chi connectivity index (χ4n) is 1.61. The first kappa shape index (κ1) is 11.7. The van der Waals surface area contributed by atoms with Gasteiger partial charge in [0.2, 0.25) is 0 Å². The van der Waals surface area contributed by atoms with Crippen molar-refractivity contribution in [2.24, 2.45) is 0 Å². The van der Waals surface area contributed by atoms with Gasteiger partial charge in [-0.15, -0.1) is 0 Å². The van der Waals surface area contributed by atoms with E-state index in [1.54, 1.807) is 18.2 Å². The van der Waals surface area contributed by atoms with Crippen LogP contribution in [0.2, 0.25) is 5.02 Å². The molecule has 2 N–H and O–H groups in total. The molecule has 0 saturated heterocycles. The minimum absolute atomic E-state index is 0.264. The van der Waals surface area contributed by atoms with Crippen LogP contribution in [0.4, 0.5) is 10.5 Å². The third kappa shape index (κ3) is 2.89. The molecule has 0 bridgehead atoms. The minimum Gasteiger partial charge on any atom is -0.335 e. The summed E-state index contributed by atoms with van der Waals surface area (Å²) < 4.78 is 0. The Morgan fingerprint density at radius 2 is 2.24 bits per heavy atom. The molecule has 0 unspecified atom stereocenters. The van der Waals surface area contributed by atoms with Crippen molar-refractivity contribution < 1.29 is 4.79 Å². The van der Waals surface area contributed by atoms with Gasteiger partial charge in [-0.25, -0.2) is 4.79 Å². The SMILES string of the molecule is N#Cc1ccc(Cl)cc1NC(=O)NC1CCC1. The number of carbonyl (C=O) groups is 1. The van der Waals surface area contributed by atoms with Crippen molar-refractivity contribution in [2.75, 3.05) is 5.32 Å². The van der Waals surface area contributed by atoms with Crippen LogP contribution < -0.4 is 10.6 Å². The van der Waals surface area contributed by atoms with Crippen LogP contribution in [0.1, 0.15) is 24.8 Å². The highest BCUT2D eigenvalue weighted by atomic mass is 35.5. The molecule has 88 valence electrons. The van der Waals surface area contributed by atoms with E-state index in [-0.39, 0.29) is 12.1 Å². The van der Waals surface area contributed by atoms with Crippen LogP contribution in [0.15, 0.2) is 18.2 Å². The highest BCUT2D eigenvalue weighted by Gasteiger charge is 2.19. The predicted molar refractivity (Wildman–Crippen MR) is 66.0 cm³/mol. The first-order valence-electron chi connectivity index (χ1n) is 5.46. The lowest BCUT2D eigenvalue weighted by Gasteiger charge is -2.26. The van der Waals surface area contributed by atoms with Gasteiger partial charge >= 0.3 is 6.03 Å². The van der Waals surface area contributed by atoms with Crippen LogP contribution in [-0.4, -0.2) is 12.1 Å². The molecular formula is C12H12ClN3O. The van der Waals surface area contributed by atoms with Crippen LogP contribution >= 0.6 is 11.6 Å². The number of benzene rings is 1. The number of rotatable bonds is 2. The van der Waals surface area contributed by atoms with Gasteiger partial charge in [0.25, 0.3) is 0 Å². The molecule has 0 heterocycles. The predicted octanol–water partition coefficient (Wildman–Crippen LogP) is 2.89. The molecule has 1 fully saturated rings. The smallest absolute Gasteiger partial charge is 0.319 e. The van der Waals surface area contributed by atoms with Crippen LogP contribution in [0.25, 0.3) is 0 Å². The quantitative estimate of drug-likeness (QED) is 0.846. The van der Waals surface area contributed by atoms with Crippen molar-refractivity contribution in [2.45, 2.75) is 25.3 Å². The van der Waals surface area contributed by atoms with Gasteiger partial charge in [0, 0.05) is 11.1 Å². The average molecular weight is 250 g/mol. The summed E-state index contributed by atoms with van der Waals surface area (Å²) in [6, 6.07) is 6.76. The number of carbonyl (C=O) groups excluding carboxylic acids is 1. The lowest BCUT2D eigenvalue weighted by Crippen LogP contribution is -2.41. The molecule has 1 aliphatic carbocycles. The Hall–Kier alpha value is -1.73. The van der Waals surface area contributed by atoms with E-state index in [4.69, 9.17) is 16.9 Å². The maximum atomic E-state index is 11.6. The number of nitriles is 1. The molecule has 0 atom stereocenters. The fraction of sp³-hybridized carbons (Fsp3) is 0.333. The lowest BCUT2D eigenvalue weighted by atomic mass is 9.93. The molecule has 2 rings (SSSR count). The molecule has 4 nitrogen and oxygen atoms in total. The standard InChI is InChI=1S/C12H12ClN3O/c13-9-5-4-8(7-14)11(6-9)16-12(17)15-10-2-1-3-10/h4-6,10H,1-3H2,(H2,15,16,17). The van der Waals surface area contributed by atoms with Gasteiger partial charge in [-0.1, -0.05) is 11.6 Å². The van der Waals surface area contributed by atoms with E-state index in [1.165, 1.54) is 0 Å². The number of nitrogens with one attached hydrogen (secondary N) is 2. The Kier molecular flexibility index (Phi) is 3.50. The minimum atomic E-state index is -0.284. The lowest BCUT2D eigenvalue weighted by molar-refractivity contribution is 0.240. The molecule has 1 aliphatic rings. The average Bonchev–Trinajstić information content (AvgIpc) is 2.24. The zero-order valence-corrected chi connectivity index (χ0v) is 9.92. The Morgan fingerprint density at radius 1 is 1.47 bits per heavy atom. The number of hydrogen-bond donors (Lipinski definition) is 2. The van der Waals surface area contributed by atoms with E-state index in [1.807, 2.05) is 6.07 Å². The molecule has 1 saturated carbocycles. The van der Waals surface area contributed by atoms with Gasteiger partial charge < -0.3 is 10.6 Å². The number of hydrogen-bond acceptors (Lipinski definition) is 2. The Morgan fingerprint density at radius 3 is 2.82 bits per heavy atom. The zero-order chi connectivity index (χ0) is 12.3. The molecule has 0 aliphatic heterocycles. The van der Waals surface area contributed by atoms with Gasteiger partial charge in [-0.2, -0.15) is 5.26 Å². The van der Waals surface area contributed by atoms with Gasteiger partial charge in [0.15, 0.2) is 0 Å².